The second kappa shape index (κ2) is 5.97. The molecule has 1 aliphatic rings. The highest BCUT2D eigenvalue weighted by Crippen LogP contribution is 2.37. The van der Waals surface area contributed by atoms with Crippen molar-refractivity contribution in [1.82, 2.24) is 24.8 Å². The van der Waals surface area contributed by atoms with E-state index in [0.717, 1.165) is 34.5 Å². The molecule has 4 heterocycles. The van der Waals surface area contributed by atoms with Crippen LogP contribution in [0.5, 0.6) is 0 Å². The first-order valence-electron chi connectivity index (χ1n) is 8.22. The maximum Gasteiger partial charge on any atom is 0.177 e. The summed E-state index contributed by atoms with van der Waals surface area (Å²) < 4.78 is 1.88. The minimum Gasteiger partial charge on any atom is -0.256 e. The monoisotopic (exact) mass is 345 g/mol. The van der Waals surface area contributed by atoms with Gasteiger partial charge in [-0.1, -0.05) is 18.2 Å². The fourth-order valence-electron chi connectivity index (χ4n) is 3.12. The van der Waals surface area contributed by atoms with Gasteiger partial charge in [-0.3, -0.25) is 4.98 Å². The molecular weight excluding hydrogens is 330 g/mol. The summed E-state index contributed by atoms with van der Waals surface area (Å²) in [5, 5.41) is 17.1. The summed E-state index contributed by atoms with van der Waals surface area (Å²) >= 11 is 1.81. The lowest BCUT2D eigenvalue weighted by molar-refractivity contribution is 0.785. The molecule has 0 saturated heterocycles. The number of allylic oxidation sites excluding steroid dienone is 1. The van der Waals surface area contributed by atoms with Crippen molar-refractivity contribution in [3.63, 3.8) is 0 Å². The molecule has 0 amide bonds. The Morgan fingerprint density at radius 3 is 3.04 bits per heavy atom. The summed E-state index contributed by atoms with van der Waals surface area (Å²) in [5.41, 5.74) is 4.05. The molecule has 0 radical (unpaired) electrons. The Bertz CT molecular complexity index is 1090. The van der Waals surface area contributed by atoms with Crippen LogP contribution in [-0.4, -0.2) is 24.8 Å². The van der Waals surface area contributed by atoms with Crippen LogP contribution in [0.25, 0.3) is 16.6 Å². The Morgan fingerprint density at radius 1 is 1.12 bits per heavy atom. The summed E-state index contributed by atoms with van der Waals surface area (Å²) in [6, 6.07) is 14.4. The first-order valence-corrected chi connectivity index (χ1v) is 9.16. The molecule has 0 saturated carbocycles. The second-order valence-electron chi connectivity index (χ2n) is 6.08. The summed E-state index contributed by atoms with van der Waals surface area (Å²) in [4.78, 5) is 4.37. The molecule has 3 aromatic heterocycles. The van der Waals surface area contributed by atoms with E-state index in [4.69, 9.17) is 5.10 Å². The molecule has 1 aliphatic heterocycles. The molecular formula is C19H15N5S. The highest BCUT2D eigenvalue weighted by molar-refractivity contribution is 8.02. The predicted molar refractivity (Wildman–Crippen MR) is 99.4 cm³/mol. The van der Waals surface area contributed by atoms with E-state index < -0.39 is 0 Å². The molecule has 1 aromatic carbocycles. The maximum absolute atomic E-state index is 4.79. The number of hydrogen-bond donors (Lipinski definition) is 0. The van der Waals surface area contributed by atoms with Crippen molar-refractivity contribution in [3.8, 4) is 0 Å². The van der Waals surface area contributed by atoms with Crippen LogP contribution in [-0.2, 0) is 6.42 Å². The average Bonchev–Trinajstić information content (AvgIpc) is 3.32. The molecule has 1 atom stereocenters. The Labute approximate surface area is 148 Å². The van der Waals surface area contributed by atoms with Gasteiger partial charge in [0.25, 0.3) is 0 Å². The number of benzene rings is 1. The van der Waals surface area contributed by atoms with Gasteiger partial charge < -0.3 is 0 Å². The summed E-state index contributed by atoms with van der Waals surface area (Å²) in [6.07, 6.45) is 5.73. The molecule has 0 aliphatic carbocycles. The molecule has 25 heavy (non-hydrogen) atoms. The number of thioether (sulfide) groups is 1. The van der Waals surface area contributed by atoms with Crippen LogP contribution in [0.3, 0.4) is 0 Å². The van der Waals surface area contributed by atoms with Gasteiger partial charge in [0, 0.05) is 18.0 Å². The predicted octanol–water partition coefficient (Wildman–Crippen LogP) is 3.96. The maximum atomic E-state index is 4.79. The fraction of sp³-hybridized carbons (Fsp3) is 0.158. The van der Waals surface area contributed by atoms with Crippen LogP contribution in [0.2, 0.25) is 0 Å². The molecule has 122 valence electrons. The van der Waals surface area contributed by atoms with E-state index in [1.807, 2.05) is 40.7 Å². The quantitative estimate of drug-likeness (QED) is 0.563. The van der Waals surface area contributed by atoms with Crippen molar-refractivity contribution in [2.45, 2.75) is 18.1 Å². The summed E-state index contributed by atoms with van der Waals surface area (Å²) in [5.74, 6) is 0.857. The number of fused-ring (bicyclic) bond motifs is 2. The van der Waals surface area contributed by atoms with Crippen molar-refractivity contribution in [3.05, 3.63) is 77.2 Å². The third-order valence-electron chi connectivity index (χ3n) is 4.40. The normalized spacial score (nSPS) is 16.9. The van der Waals surface area contributed by atoms with Gasteiger partial charge in [-0.15, -0.1) is 22.0 Å². The third-order valence-corrected chi connectivity index (χ3v) is 5.51. The third kappa shape index (κ3) is 2.68. The van der Waals surface area contributed by atoms with E-state index in [9.17, 15) is 0 Å². The molecule has 0 fully saturated rings. The van der Waals surface area contributed by atoms with E-state index >= 15 is 0 Å². The van der Waals surface area contributed by atoms with E-state index in [0.29, 0.717) is 11.7 Å². The van der Waals surface area contributed by atoms with Crippen LogP contribution in [0.15, 0.2) is 60.1 Å². The minimum absolute atomic E-state index is 0.395. The first-order chi connectivity index (χ1) is 12.4. The number of nitrogens with zero attached hydrogens (tertiary/aromatic N) is 5. The highest BCUT2D eigenvalue weighted by atomic mass is 32.2. The Kier molecular flexibility index (Phi) is 3.48. The molecule has 0 bridgehead atoms. The molecule has 5 nitrogen and oxygen atoms in total. The van der Waals surface area contributed by atoms with Gasteiger partial charge >= 0.3 is 0 Å². The largest absolute Gasteiger partial charge is 0.256 e. The van der Waals surface area contributed by atoms with Crippen LogP contribution in [0.1, 0.15) is 28.8 Å². The van der Waals surface area contributed by atoms with Crippen molar-refractivity contribution < 1.29 is 0 Å². The van der Waals surface area contributed by atoms with Crippen LogP contribution < -0.4 is 0 Å². The number of hydrogen-bond acceptors (Lipinski definition) is 5. The first kappa shape index (κ1) is 14.6. The number of aromatic nitrogens is 5. The minimum atomic E-state index is 0.395. The second-order valence-corrected chi connectivity index (χ2v) is 7.20. The van der Waals surface area contributed by atoms with Crippen LogP contribution in [0.4, 0.5) is 0 Å². The van der Waals surface area contributed by atoms with E-state index in [2.05, 4.69) is 50.9 Å². The Morgan fingerprint density at radius 2 is 2.12 bits per heavy atom. The standard InChI is InChI=1S/C19H15N5S/c1-3-14-11-13(5-6-15(14)20-9-1)12-19-22-21-18-8-7-16(23-24(18)19)17-4-2-10-25-17/h1-3,5-11,17H,4,12H2. The topological polar surface area (TPSA) is 56.0 Å². The summed E-state index contributed by atoms with van der Waals surface area (Å²) in [7, 11) is 0. The van der Waals surface area contributed by atoms with Crippen LogP contribution >= 0.6 is 11.8 Å². The molecule has 0 spiro atoms. The van der Waals surface area contributed by atoms with E-state index in [1.54, 1.807) is 0 Å². The highest BCUT2D eigenvalue weighted by Gasteiger charge is 2.17. The molecule has 5 rings (SSSR count). The van der Waals surface area contributed by atoms with Crippen molar-refractivity contribution in [1.29, 1.82) is 0 Å². The van der Waals surface area contributed by atoms with Gasteiger partial charge in [0.15, 0.2) is 11.5 Å². The zero-order chi connectivity index (χ0) is 16.6. The smallest absolute Gasteiger partial charge is 0.177 e. The molecule has 6 heteroatoms. The van der Waals surface area contributed by atoms with Gasteiger partial charge in [0.1, 0.15) is 0 Å². The van der Waals surface area contributed by atoms with Crippen molar-refractivity contribution in [2.75, 3.05) is 0 Å². The molecule has 1 unspecified atom stereocenters. The van der Waals surface area contributed by atoms with Crippen LogP contribution in [0, 0.1) is 0 Å². The number of pyridine rings is 1. The lowest BCUT2D eigenvalue weighted by Crippen LogP contribution is -2.04. The van der Waals surface area contributed by atoms with Crippen molar-refractivity contribution in [2.24, 2.45) is 0 Å². The Hall–Kier alpha value is -2.73. The van der Waals surface area contributed by atoms with E-state index in [-0.39, 0.29) is 0 Å². The Balaban J connectivity index is 1.51. The summed E-state index contributed by atoms with van der Waals surface area (Å²) in [6.45, 7) is 0. The lowest BCUT2D eigenvalue weighted by atomic mass is 10.1. The zero-order valence-electron chi connectivity index (χ0n) is 13.4. The van der Waals surface area contributed by atoms with E-state index in [1.165, 1.54) is 5.56 Å². The molecule has 0 N–H and O–H groups in total. The average molecular weight is 345 g/mol. The van der Waals surface area contributed by atoms with Gasteiger partial charge in [-0.2, -0.15) is 9.61 Å². The van der Waals surface area contributed by atoms with Gasteiger partial charge in [0.2, 0.25) is 0 Å². The SMILES string of the molecule is C1=CSC(c2ccc3nnc(Cc4ccc5ncccc5c4)n3n2)C1. The van der Waals surface area contributed by atoms with Gasteiger partial charge in [0.05, 0.1) is 16.5 Å². The lowest BCUT2D eigenvalue weighted by Gasteiger charge is -2.08. The van der Waals surface area contributed by atoms with Gasteiger partial charge in [-0.25, -0.2) is 0 Å². The van der Waals surface area contributed by atoms with Gasteiger partial charge in [-0.05, 0) is 47.7 Å². The van der Waals surface area contributed by atoms with Crippen molar-refractivity contribution >= 4 is 28.3 Å². The number of rotatable bonds is 3. The fourth-order valence-corrected chi connectivity index (χ4v) is 4.02. The molecule has 4 aromatic rings. The zero-order valence-corrected chi connectivity index (χ0v) is 14.2.